The van der Waals surface area contributed by atoms with Crippen LogP contribution in [0.4, 0.5) is 16.0 Å². The van der Waals surface area contributed by atoms with E-state index in [9.17, 15) is 4.39 Å². The number of fused-ring (bicyclic) bond motifs is 2. The van der Waals surface area contributed by atoms with Gasteiger partial charge < -0.3 is 5.32 Å². The van der Waals surface area contributed by atoms with Gasteiger partial charge in [-0.05, 0) is 52.3 Å². The third kappa shape index (κ3) is 3.04. The van der Waals surface area contributed by atoms with E-state index in [1.807, 2.05) is 24.4 Å². The van der Waals surface area contributed by atoms with E-state index >= 15 is 0 Å². The van der Waals surface area contributed by atoms with Gasteiger partial charge in [0.2, 0.25) is 5.95 Å². The summed E-state index contributed by atoms with van der Waals surface area (Å²) >= 11 is 0. The predicted octanol–water partition coefficient (Wildman–Crippen LogP) is 4.73. The lowest BCUT2D eigenvalue weighted by Crippen LogP contribution is -2.27. The molecule has 28 heavy (non-hydrogen) atoms. The number of nitrogens with zero attached hydrogens (tertiary/aromatic N) is 5. The van der Waals surface area contributed by atoms with Crippen LogP contribution in [0.25, 0.3) is 16.8 Å². The van der Waals surface area contributed by atoms with Crippen LogP contribution in [0.2, 0.25) is 0 Å². The van der Waals surface area contributed by atoms with Crippen LogP contribution in [0.15, 0.2) is 35.6 Å². The molecule has 3 aromatic rings. The lowest BCUT2D eigenvalue weighted by atomic mass is 9.81. The molecule has 0 fully saturated rings. The van der Waals surface area contributed by atoms with Crippen LogP contribution in [0, 0.1) is 0 Å². The molecule has 0 spiro atoms. The van der Waals surface area contributed by atoms with Crippen molar-refractivity contribution in [1.82, 2.24) is 19.6 Å². The molecule has 1 N–H and O–H groups in total. The summed E-state index contributed by atoms with van der Waals surface area (Å²) in [6, 6.07) is 6.00. The first-order valence-electron chi connectivity index (χ1n) is 9.56. The normalized spacial score (nSPS) is 19.0. The highest BCUT2D eigenvalue weighted by Gasteiger charge is 2.37. The van der Waals surface area contributed by atoms with Crippen LogP contribution in [0.3, 0.4) is 0 Å². The Balaban J connectivity index is 1.70. The van der Waals surface area contributed by atoms with E-state index in [0.29, 0.717) is 5.95 Å². The Morgan fingerprint density at radius 2 is 2.04 bits per heavy atom. The van der Waals surface area contributed by atoms with Gasteiger partial charge in [-0.2, -0.15) is 0 Å². The zero-order valence-corrected chi connectivity index (χ0v) is 16.9. The molecule has 0 aliphatic carbocycles. The highest BCUT2D eigenvalue weighted by atomic mass is 19.1. The molecule has 1 atom stereocenters. The van der Waals surface area contributed by atoms with Crippen molar-refractivity contribution in [1.29, 1.82) is 0 Å². The summed E-state index contributed by atoms with van der Waals surface area (Å²) in [5.41, 5.74) is 4.30. The van der Waals surface area contributed by atoms with Gasteiger partial charge in [0.1, 0.15) is 5.67 Å². The van der Waals surface area contributed by atoms with Crippen LogP contribution < -0.4 is 5.32 Å². The standard InChI is InChI=1S/C21H25FN6/c1-6-21(5)13(2)25-16-8-7-15(26-18(16)21)14-9-10-28-17(14)11-23-19(27-28)24-12-20(3,4)22/h7-11H,6,12H2,1-5H3,(H,24,27). The Labute approximate surface area is 163 Å². The molecule has 3 aromatic heterocycles. The van der Waals surface area contributed by atoms with E-state index in [4.69, 9.17) is 9.98 Å². The fourth-order valence-electron chi connectivity index (χ4n) is 3.48. The molecular weight excluding hydrogens is 355 g/mol. The maximum atomic E-state index is 13.7. The van der Waals surface area contributed by atoms with E-state index in [-0.39, 0.29) is 12.0 Å². The number of anilines is 1. The molecule has 0 saturated heterocycles. The van der Waals surface area contributed by atoms with Gasteiger partial charge in [-0.3, -0.25) is 4.99 Å². The van der Waals surface area contributed by atoms with Gasteiger partial charge >= 0.3 is 0 Å². The minimum Gasteiger partial charge on any atom is -0.350 e. The Bertz CT molecular complexity index is 1080. The summed E-state index contributed by atoms with van der Waals surface area (Å²) in [4.78, 5) is 14.0. The Morgan fingerprint density at radius 1 is 1.25 bits per heavy atom. The number of alkyl halides is 1. The highest BCUT2D eigenvalue weighted by molar-refractivity contribution is 5.99. The molecule has 4 rings (SSSR count). The number of hydrogen-bond acceptors (Lipinski definition) is 5. The largest absolute Gasteiger partial charge is 0.350 e. The van der Waals surface area contributed by atoms with Gasteiger partial charge in [0.05, 0.1) is 35.3 Å². The molecule has 0 aromatic carbocycles. The van der Waals surface area contributed by atoms with Crippen molar-refractivity contribution < 1.29 is 4.39 Å². The molecular formula is C21H25FN6. The second-order valence-corrected chi connectivity index (χ2v) is 8.16. The summed E-state index contributed by atoms with van der Waals surface area (Å²) < 4.78 is 15.4. The third-order valence-electron chi connectivity index (χ3n) is 5.55. The van der Waals surface area contributed by atoms with Crippen molar-refractivity contribution in [2.24, 2.45) is 4.99 Å². The summed E-state index contributed by atoms with van der Waals surface area (Å²) in [5, 5.41) is 7.37. The monoisotopic (exact) mass is 380 g/mol. The molecule has 4 heterocycles. The van der Waals surface area contributed by atoms with E-state index in [0.717, 1.165) is 40.3 Å². The molecule has 146 valence electrons. The molecule has 0 bridgehead atoms. The summed E-state index contributed by atoms with van der Waals surface area (Å²) in [6.45, 7) is 9.60. The van der Waals surface area contributed by atoms with Crippen molar-refractivity contribution in [2.45, 2.75) is 52.1 Å². The lowest BCUT2D eigenvalue weighted by molar-refractivity contribution is 0.234. The van der Waals surface area contributed by atoms with Crippen LogP contribution >= 0.6 is 0 Å². The molecule has 1 unspecified atom stereocenters. The minimum absolute atomic E-state index is 0.131. The van der Waals surface area contributed by atoms with Crippen LogP contribution in [0.1, 0.15) is 46.7 Å². The smallest absolute Gasteiger partial charge is 0.241 e. The maximum absolute atomic E-state index is 13.7. The summed E-state index contributed by atoms with van der Waals surface area (Å²) in [6.07, 6.45) is 4.56. The van der Waals surface area contributed by atoms with E-state index in [1.54, 1.807) is 10.7 Å². The first kappa shape index (κ1) is 18.5. The number of hydrogen-bond donors (Lipinski definition) is 1. The van der Waals surface area contributed by atoms with Crippen molar-refractivity contribution in [3.63, 3.8) is 0 Å². The highest BCUT2D eigenvalue weighted by Crippen LogP contribution is 2.42. The molecule has 0 saturated carbocycles. The molecule has 7 heteroatoms. The number of rotatable bonds is 5. The average molecular weight is 380 g/mol. The fourth-order valence-corrected chi connectivity index (χ4v) is 3.48. The average Bonchev–Trinajstić information content (AvgIpc) is 3.18. The maximum Gasteiger partial charge on any atom is 0.241 e. The van der Waals surface area contributed by atoms with Crippen molar-refractivity contribution in [2.75, 3.05) is 11.9 Å². The van der Waals surface area contributed by atoms with Crippen molar-refractivity contribution >= 4 is 22.9 Å². The molecule has 1 aliphatic heterocycles. The molecule has 6 nitrogen and oxygen atoms in total. The van der Waals surface area contributed by atoms with Crippen molar-refractivity contribution in [3.8, 4) is 11.3 Å². The molecule has 0 amide bonds. The third-order valence-corrected chi connectivity index (χ3v) is 5.55. The SMILES string of the molecule is CCC1(C)C(C)=Nc2ccc(-c3ccn4nc(NCC(C)(C)F)ncc34)nc21. The summed E-state index contributed by atoms with van der Waals surface area (Å²) in [7, 11) is 0. The number of halogens is 1. The zero-order valence-electron chi connectivity index (χ0n) is 16.9. The van der Waals surface area contributed by atoms with Gasteiger partial charge in [-0.15, -0.1) is 5.10 Å². The van der Waals surface area contributed by atoms with Gasteiger partial charge in [-0.1, -0.05) is 6.92 Å². The molecule has 0 radical (unpaired) electrons. The van der Waals surface area contributed by atoms with Gasteiger partial charge in [-0.25, -0.2) is 18.9 Å². The Morgan fingerprint density at radius 3 is 2.75 bits per heavy atom. The van der Waals surface area contributed by atoms with E-state index < -0.39 is 5.67 Å². The van der Waals surface area contributed by atoms with Crippen molar-refractivity contribution in [3.05, 3.63) is 36.3 Å². The zero-order chi connectivity index (χ0) is 20.1. The Kier molecular flexibility index (Phi) is 4.21. The topological polar surface area (TPSA) is 67.5 Å². The quantitative estimate of drug-likeness (QED) is 0.695. The van der Waals surface area contributed by atoms with E-state index in [2.05, 4.69) is 36.2 Å². The van der Waals surface area contributed by atoms with Crippen LogP contribution in [-0.4, -0.2) is 37.5 Å². The first-order chi connectivity index (χ1) is 13.2. The van der Waals surface area contributed by atoms with Gasteiger partial charge in [0.25, 0.3) is 0 Å². The lowest BCUT2D eigenvalue weighted by Gasteiger charge is -2.23. The minimum atomic E-state index is -1.33. The number of pyridine rings is 1. The van der Waals surface area contributed by atoms with E-state index in [1.165, 1.54) is 13.8 Å². The Hall–Kier alpha value is -2.83. The van der Waals surface area contributed by atoms with Gasteiger partial charge in [0.15, 0.2) is 0 Å². The van der Waals surface area contributed by atoms with Crippen LogP contribution in [-0.2, 0) is 5.41 Å². The first-order valence-corrected chi connectivity index (χ1v) is 9.56. The second kappa shape index (κ2) is 6.36. The van der Waals surface area contributed by atoms with Gasteiger partial charge in [0, 0.05) is 22.9 Å². The second-order valence-electron chi connectivity index (χ2n) is 8.16. The number of nitrogens with one attached hydrogen (secondary N) is 1. The summed E-state index contributed by atoms with van der Waals surface area (Å²) in [5.74, 6) is 0.393. The fraction of sp³-hybridized carbons (Fsp3) is 0.429. The number of aliphatic imine (C=N–C) groups is 1. The number of aromatic nitrogens is 4. The predicted molar refractivity (Wildman–Crippen MR) is 110 cm³/mol. The molecule has 1 aliphatic rings. The van der Waals surface area contributed by atoms with Crippen LogP contribution in [0.5, 0.6) is 0 Å².